The number of aryl methyl sites for hydroxylation is 2. The molecule has 2 aliphatic heterocycles. The molecule has 252 valence electrons. The second-order valence-electron chi connectivity index (χ2n) is 12.2. The van der Waals surface area contributed by atoms with Crippen LogP contribution in [-0.2, 0) is 13.5 Å². The normalized spacial score (nSPS) is 17.4. The molecular formula is C34H46BrFN9OP. The number of aliphatic imine (C=N–C) groups is 2. The Morgan fingerprint density at radius 3 is 2.47 bits per heavy atom. The number of hydrogen-bond acceptors (Lipinski definition) is 8. The number of piperidine rings is 1. The highest BCUT2D eigenvalue weighted by Gasteiger charge is 2.28. The second kappa shape index (κ2) is 15.8. The molecule has 0 spiro atoms. The largest absolute Gasteiger partial charge is 0.494 e. The summed E-state index contributed by atoms with van der Waals surface area (Å²) < 4.78 is 22.6. The minimum Gasteiger partial charge on any atom is -0.494 e. The molecule has 5 rings (SSSR count). The van der Waals surface area contributed by atoms with E-state index in [2.05, 4.69) is 84.0 Å². The highest BCUT2D eigenvalue weighted by Crippen LogP contribution is 2.38. The van der Waals surface area contributed by atoms with Gasteiger partial charge in [-0.2, -0.15) is 15.0 Å². The molecule has 3 heterocycles. The van der Waals surface area contributed by atoms with Crippen LogP contribution in [0.25, 0.3) is 11.3 Å². The van der Waals surface area contributed by atoms with Crippen LogP contribution >= 0.6 is 23.9 Å². The Hall–Kier alpha value is -3.18. The first-order valence-corrected chi connectivity index (χ1v) is 19.1. The molecule has 1 N–H and O–H groups in total. The van der Waals surface area contributed by atoms with Crippen LogP contribution in [0.1, 0.15) is 25.3 Å². The maximum absolute atomic E-state index is 16.1. The summed E-state index contributed by atoms with van der Waals surface area (Å²) >= 11 is 3.62. The summed E-state index contributed by atoms with van der Waals surface area (Å²) in [6.45, 7) is 16.5. The third-order valence-corrected chi connectivity index (χ3v) is 10.9. The fourth-order valence-corrected chi connectivity index (χ4v) is 7.81. The van der Waals surface area contributed by atoms with Gasteiger partial charge in [0.05, 0.1) is 29.2 Å². The standard InChI is InChI=1S/C34H46BrFN9OP/c1-8-23-19-28(31(46-5)20-30(23)45-13-11-24(12-14-45)44-17-15-42(3)16-18-44)40-34(26(35)21-37-2)39-27-10-9-25(29-22-38-43(4)41-29)32(36)33(27)47(6)7/h9-10,19-22,24H,2,8,11-18H2,1,3-7H3,(H,39,40)/b26-21+. The van der Waals surface area contributed by atoms with Gasteiger partial charge >= 0.3 is 0 Å². The molecule has 0 atom stereocenters. The van der Waals surface area contributed by atoms with Crippen LogP contribution in [0.15, 0.2) is 51.1 Å². The van der Waals surface area contributed by atoms with Crippen molar-refractivity contribution in [2.75, 3.05) is 77.0 Å². The predicted octanol–water partition coefficient (Wildman–Crippen LogP) is 5.85. The number of likely N-dealkylation sites (N-methyl/N-ethyl adjacent to an activating group) is 1. The van der Waals surface area contributed by atoms with E-state index in [0.717, 1.165) is 64.2 Å². The Bertz CT molecular complexity index is 1630. The average molecular weight is 727 g/mol. The zero-order valence-corrected chi connectivity index (χ0v) is 30.8. The van der Waals surface area contributed by atoms with Gasteiger partial charge in [-0.05, 0) is 86.0 Å². The number of anilines is 2. The number of piperazine rings is 1. The van der Waals surface area contributed by atoms with E-state index in [0.29, 0.717) is 44.4 Å². The molecule has 2 aliphatic rings. The number of hydrogen-bond donors (Lipinski definition) is 1. The minimum atomic E-state index is -0.864. The lowest BCUT2D eigenvalue weighted by Crippen LogP contribution is -2.52. The van der Waals surface area contributed by atoms with Gasteiger partial charge in [-0.1, -0.05) is 14.8 Å². The second-order valence-corrected chi connectivity index (χ2v) is 15.3. The first-order valence-electron chi connectivity index (χ1n) is 16.1. The SMILES string of the molecule is C=N/C=C(/Br)C(=Nc1ccc(-c2cnn(C)n2)c(F)c1P(C)C)Nc1cc(CC)c(N2CCC(N3CCN(C)CC3)CC2)cc1OC. The van der Waals surface area contributed by atoms with E-state index >= 15 is 4.39 Å². The van der Waals surface area contributed by atoms with Crippen LogP contribution in [0.5, 0.6) is 5.75 Å². The zero-order valence-electron chi connectivity index (χ0n) is 28.3. The van der Waals surface area contributed by atoms with Crippen molar-refractivity contribution in [3.05, 3.63) is 52.5 Å². The van der Waals surface area contributed by atoms with Gasteiger partial charge < -0.3 is 19.9 Å². The number of nitrogens with zero attached hydrogens (tertiary/aromatic N) is 8. The van der Waals surface area contributed by atoms with E-state index in [1.165, 1.54) is 16.0 Å². The summed E-state index contributed by atoms with van der Waals surface area (Å²) in [5.74, 6) is 0.828. The molecular weight excluding hydrogens is 680 g/mol. The smallest absolute Gasteiger partial charge is 0.147 e. The third kappa shape index (κ3) is 8.11. The summed E-state index contributed by atoms with van der Waals surface area (Å²) in [7, 11) is 4.74. The summed E-state index contributed by atoms with van der Waals surface area (Å²) in [4.78, 5) is 17.9. The first kappa shape index (κ1) is 35.1. The number of benzene rings is 2. The lowest BCUT2D eigenvalue weighted by atomic mass is 9.99. The van der Waals surface area contributed by atoms with Crippen LogP contribution in [0, 0.1) is 5.82 Å². The van der Waals surface area contributed by atoms with Crippen LogP contribution in [0.4, 0.5) is 21.5 Å². The lowest BCUT2D eigenvalue weighted by molar-refractivity contribution is 0.0982. The van der Waals surface area contributed by atoms with Gasteiger partial charge in [0.2, 0.25) is 0 Å². The first-order chi connectivity index (χ1) is 22.6. The molecule has 1 aromatic heterocycles. The fourth-order valence-electron chi connectivity index (χ4n) is 6.38. The number of amidine groups is 1. The number of ether oxygens (including phenoxy) is 1. The zero-order chi connectivity index (χ0) is 33.7. The molecule has 3 aromatic rings. The Labute approximate surface area is 287 Å². The van der Waals surface area contributed by atoms with Crippen LogP contribution < -0.4 is 20.3 Å². The molecule has 10 nitrogen and oxygen atoms in total. The Morgan fingerprint density at radius 2 is 1.87 bits per heavy atom. The van der Waals surface area contributed by atoms with Crippen molar-refractivity contribution < 1.29 is 9.13 Å². The van der Waals surface area contributed by atoms with Crippen molar-refractivity contribution in [1.29, 1.82) is 0 Å². The van der Waals surface area contributed by atoms with E-state index in [1.54, 1.807) is 32.6 Å². The van der Waals surface area contributed by atoms with Crippen molar-refractivity contribution in [2.24, 2.45) is 17.0 Å². The molecule has 0 aliphatic carbocycles. The molecule has 0 bridgehead atoms. The maximum atomic E-state index is 16.1. The average Bonchev–Trinajstić information content (AvgIpc) is 3.50. The molecule has 0 radical (unpaired) electrons. The number of methoxy groups -OCH3 is 1. The number of aromatic nitrogens is 3. The monoisotopic (exact) mass is 725 g/mol. The van der Waals surface area contributed by atoms with E-state index < -0.39 is 7.92 Å². The minimum absolute atomic E-state index is 0.337. The van der Waals surface area contributed by atoms with Crippen molar-refractivity contribution in [2.45, 2.75) is 32.2 Å². The van der Waals surface area contributed by atoms with Crippen molar-refractivity contribution >= 4 is 58.8 Å². The van der Waals surface area contributed by atoms with Crippen molar-refractivity contribution in [3.8, 4) is 17.0 Å². The van der Waals surface area contributed by atoms with E-state index in [9.17, 15) is 0 Å². The van der Waals surface area contributed by atoms with Crippen molar-refractivity contribution in [1.82, 2.24) is 24.8 Å². The Balaban J connectivity index is 1.45. The Kier molecular flexibility index (Phi) is 11.8. The number of nitrogens with one attached hydrogen (secondary N) is 1. The van der Waals surface area contributed by atoms with E-state index in [-0.39, 0.29) is 5.82 Å². The molecule has 0 amide bonds. The molecule has 13 heteroatoms. The van der Waals surface area contributed by atoms with Gasteiger partial charge in [-0.25, -0.2) is 9.38 Å². The quantitative estimate of drug-likeness (QED) is 0.159. The summed E-state index contributed by atoms with van der Waals surface area (Å²) in [6.07, 6.45) is 6.31. The van der Waals surface area contributed by atoms with Crippen LogP contribution in [-0.4, -0.2) is 110 Å². The van der Waals surface area contributed by atoms with Crippen molar-refractivity contribution in [3.63, 3.8) is 0 Å². The van der Waals surface area contributed by atoms with Gasteiger partial charge in [-0.3, -0.25) is 9.89 Å². The lowest BCUT2D eigenvalue weighted by Gasteiger charge is -2.43. The highest BCUT2D eigenvalue weighted by atomic mass is 79.9. The summed E-state index contributed by atoms with van der Waals surface area (Å²) in [5, 5.41) is 12.5. The predicted molar refractivity (Wildman–Crippen MR) is 199 cm³/mol. The fraction of sp³-hybridized carbons (Fsp3) is 0.471. The molecule has 0 unspecified atom stereocenters. The topological polar surface area (TPSA) is 86.4 Å². The Morgan fingerprint density at radius 1 is 1.15 bits per heavy atom. The molecule has 2 saturated heterocycles. The van der Waals surface area contributed by atoms with Crippen LogP contribution in [0.3, 0.4) is 0 Å². The van der Waals surface area contributed by atoms with Gasteiger partial charge in [0, 0.05) is 81.2 Å². The van der Waals surface area contributed by atoms with Crippen LogP contribution in [0.2, 0.25) is 0 Å². The molecule has 0 saturated carbocycles. The number of rotatable bonds is 10. The van der Waals surface area contributed by atoms with E-state index in [1.807, 2.05) is 19.4 Å². The summed E-state index contributed by atoms with van der Waals surface area (Å²) in [5.41, 5.74) is 4.60. The van der Waals surface area contributed by atoms with Gasteiger partial charge in [0.25, 0.3) is 0 Å². The van der Waals surface area contributed by atoms with Gasteiger partial charge in [0.15, 0.2) is 0 Å². The van der Waals surface area contributed by atoms with Gasteiger partial charge in [0.1, 0.15) is 23.1 Å². The summed E-state index contributed by atoms with van der Waals surface area (Å²) in [6, 6.07) is 8.46. The number of halogens is 2. The molecule has 2 aromatic carbocycles. The van der Waals surface area contributed by atoms with E-state index in [4.69, 9.17) is 9.73 Å². The maximum Gasteiger partial charge on any atom is 0.147 e. The molecule has 47 heavy (non-hydrogen) atoms. The third-order valence-electron chi connectivity index (χ3n) is 8.97. The highest BCUT2D eigenvalue weighted by molar-refractivity contribution is 9.12. The molecule has 2 fully saturated rings. The van der Waals surface area contributed by atoms with Gasteiger partial charge in [-0.15, -0.1) is 0 Å².